The second-order valence-corrected chi connectivity index (χ2v) is 21.4. The van der Waals surface area contributed by atoms with Crippen LogP contribution in [0, 0.1) is 13.8 Å². The molecule has 0 saturated heterocycles. The van der Waals surface area contributed by atoms with Gasteiger partial charge in [-0.15, -0.1) is 0 Å². The molecule has 0 spiro atoms. The molecule has 0 saturated carbocycles. The fourth-order valence-corrected chi connectivity index (χ4v) is 12.2. The lowest BCUT2D eigenvalue weighted by Crippen LogP contribution is -2.20. The highest BCUT2D eigenvalue weighted by Gasteiger charge is 2.33. The quantitative estimate of drug-likeness (QED) is 0.113. The molecule has 0 heterocycles. The Morgan fingerprint density at radius 1 is 0.410 bits per heavy atom. The zero-order valence-corrected chi connectivity index (χ0v) is 44.1. The van der Waals surface area contributed by atoms with E-state index in [1.54, 1.807) is 0 Å². The molecule has 2 nitrogen and oxygen atoms in total. The van der Waals surface area contributed by atoms with Crippen molar-refractivity contribution in [2.24, 2.45) is 0 Å². The number of nitrogens with zero attached hydrogens (tertiary/aromatic N) is 2. The van der Waals surface area contributed by atoms with Crippen LogP contribution in [0.15, 0.2) is 242 Å². The molecule has 0 N–H and O–H groups in total. The molecule has 372 valence electrons. The van der Waals surface area contributed by atoms with Crippen LogP contribution in [0.4, 0.5) is 28.4 Å². The number of aryl methyl sites for hydroxylation is 2. The third kappa shape index (κ3) is 8.85. The first-order chi connectivity index (χ1) is 38.4. The minimum atomic E-state index is 0.310. The lowest BCUT2D eigenvalue weighted by molar-refractivity contribution is 0.891. The third-order valence-corrected chi connectivity index (χ3v) is 16.3. The fourth-order valence-electron chi connectivity index (χ4n) is 12.2. The summed E-state index contributed by atoms with van der Waals surface area (Å²) in [5, 5.41) is 2.74. The normalized spacial score (nSPS) is 15.6. The summed E-state index contributed by atoms with van der Waals surface area (Å²) in [7, 11) is 0. The molecular formula is C76H58N2. The Morgan fingerprint density at radius 2 is 0.923 bits per heavy atom. The fraction of sp³-hybridized carbons (Fsp3) is 0.0789. The topological polar surface area (TPSA) is 6.48 Å². The zero-order valence-electron chi connectivity index (χ0n) is 44.1. The largest absolute Gasteiger partial charge is 0.310 e. The van der Waals surface area contributed by atoms with E-state index in [9.17, 15) is 0 Å². The van der Waals surface area contributed by atoms with Crippen molar-refractivity contribution in [2.75, 3.05) is 9.80 Å². The molecule has 9 aromatic rings. The van der Waals surface area contributed by atoms with Gasteiger partial charge in [-0.3, -0.25) is 0 Å². The van der Waals surface area contributed by atoms with Gasteiger partial charge in [0, 0.05) is 39.8 Å². The molecule has 5 aliphatic rings. The van der Waals surface area contributed by atoms with Crippen molar-refractivity contribution < 1.29 is 0 Å². The van der Waals surface area contributed by atoms with Crippen LogP contribution in [0.1, 0.15) is 90.2 Å². The molecular weight excluding hydrogens is 941 g/mol. The molecule has 78 heavy (non-hydrogen) atoms. The standard InChI is InChI=1S/C76H58N2/c1-51-9-39-65(40-10-51)77(71-49-37-63-33-31-59-5-3-7-61-35-47-69(71)75(63)73(59)61)67-43-27-57(28-44-67)25-23-55-19-15-53(16-20-55)13-14-54-17-21-56(22-18-54)24-26-58-29-45-68(46-30-58)78(66-41-11-52(2)12-42-66)72-50-38-64-34-32-60-6-4-8-62-36-48-70(72)76(64)74(60)62/h3-31,34-37,39-50,73H,32-33,38H2,1-2H3. The van der Waals surface area contributed by atoms with E-state index in [1.807, 2.05) is 0 Å². The summed E-state index contributed by atoms with van der Waals surface area (Å²) in [6.07, 6.45) is 34.8. The van der Waals surface area contributed by atoms with Gasteiger partial charge in [-0.2, -0.15) is 0 Å². The molecule has 0 amide bonds. The van der Waals surface area contributed by atoms with Gasteiger partial charge in [0.15, 0.2) is 0 Å². The van der Waals surface area contributed by atoms with Crippen molar-refractivity contribution in [3.8, 4) is 0 Å². The van der Waals surface area contributed by atoms with E-state index in [-0.39, 0.29) is 0 Å². The lowest BCUT2D eigenvalue weighted by Gasteiger charge is -2.36. The van der Waals surface area contributed by atoms with E-state index in [1.165, 1.54) is 100 Å². The lowest BCUT2D eigenvalue weighted by atomic mass is 9.71. The van der Waals surface area contributed by atoms with E-state index in [0.717, 1.165) is 58.7 Å². The maximum atomic E-state index is 2.44. The Balaban J connectivity index is 0.637. The molecule has 9 aromatic carbocycles. The predicted octanol–water partition coefficient (Wildman–Crippen LogP) is 20.0. The molecule has 1 atom stereocenters. The van der Waals surface area contributed by atoms with Crippen LogP contribution in [-0.4, -0.2) is 0 Å². The maximum Gasteiger partial charge on any atom is 0.0537 e. The first-order valence-corrected chi connectivity index (χ1v) is 27.5. The van der Waals surface area contributed by atoms with Crippen LogP contribution in [0.3, 0.4) is 0 Å². The summed E-state index contributed by atoms with van der Waals surface area (Å²) in [5.41, 5.74) is 29.1. The van der Waals surface area contributed by atoms with Gasteiger partial charge in [0.1, 0.15) is 0 Å². The van der Waals surface area contributed by atoms with Crippen molar-refractivity contribution in [1.29, 1.82) is 0 Å². The van der Waals surface area contributed by atoms with Crippen molar-refractivity contribution >= 4 is 93.0 Å². The second-order valence-electron chi connectivity index (χ2n) is 21.4. The zero-order chi connectivity index (χ0) is 52.1. The minimum absolute atomic E-state index is 0.310. The summed E-state index contributed by atoms with van der Waals surface area (Å²) in [6, 6.07) is 69.4. The summed E-state index contributed by atoms with van der Waals surface area (Å²) in [4.78, 5) is 4.86. The molecule has 0 bridgehead atoms. The van der Waals surface area contributed by atoms with Crippen molar-refractivity contribution in [3.63, 3.8) is 0 Å². The number of anilines is 5. The van der Waals surface area contributed by atoms with Crippen LogP contribution >= 0.6 is 0 Å². The van der Waals surface area contributed by atoms with Crippen LogP contribution in [-0.2, 0) is 12.8 Å². The number of hydrogen-bond acceptors (Lipinski definition) is 2. The number of allylic oxidation sites excluding steroid dienone is 10. The Hall–Kier alpha value is -9.50. The number of rotatable bonds is 12. The van der Waals surface area contributed by atoms with Gasteiger partial charge < -0.3 is 9.80 Å². The summed E-state index contributed by atoms with van der Waals surface area (Å²) >= 11 is 0. The van der Waals surface area contributed by atoms with Crippen LogP contribution in [0.25, 0.3) is 64.6 Å². The van der Waals surface area contributed by atoms with Gasteiger partial charge in [0.05, 0.1) is 11.4 Å². The van der Waals surface area contributed by atoms with E-state index in [4.69, 9.17) is 0 Å². The van der Waals surface area contributed by atoms with Crippen LogP contribution in [0.5, 0.6) is 0 Å². The Bertz CT molecular complexity index is 4110. The van der Waals surface area contributed by atoms with E-state index in [2.05, 4.69) is 297 Å². The monoisotopic (exact) mass is 998 g/mol. The van der Waals surface area contributed by atoms with E-state index >= 15 is 0 Å². The molecule has 0 aliphatic heterocycles. The molecule has 0 radical (unpaired) electrons. The van der Waals surface area contributed by atoms with E-state index in [0.29, 0.717) is 5.92 Å². The second kappa shape index (κ2) is 19.9. The summed E-state index contributed by atoms with van der Waals surface area (Å²) in [5.74, 6) is 0.310. The smallest absolute Gasteiger partial charge is 0.0537 e. The number of hydrogen-bond donors (Lipinski definition) is 0. The average molecular weight is 999 g/mol. The third-order valence-electron chi connectivity index (χ3n) is 16.3. The van der Waals surface area contributed by atoms with Crippen molar-refractivity contribution in [2.45, 2.75) is 39.0 Å². The van der Waals surface area contributed by atoms with E-state index < -0.39 is 0 Å². The van der Waals surface area contributed by atoms with Crippen LogP contribution in [0.2, 0.25) is 0 Å². The Morgan fingerprint density at radius 3 is 1.49 bits per heavy atom. The summed E-state index contributed by atoms with van der Waals surface area (Å²) in [6.45, 7) is 4.31. The van der Waals surface area contributed by atoms with Crippen LogP contribution < -0.4 is 9.80 Å². The molecule has 0 aromatic heterocycles. The average Bonchev–Trinajstić information content (AvgIpc) is 3.61. The molecule has 2 heteroatoms. The first-order valence-electron chi connectivity index (χ1n) is 27.5. The van der Waals surface area contributed by atoms with Gasteiger partial charge in [-0.25, -0.2) is 0 Å². The minimum Gasteiger partial charge on any atom is -0.310 e. The Labute approximate surface area is 459 Å². The van der Waals surface area contributed by atoms with Crippen molar-refractivity contribution in [3.05, 3.63) is 320 Å². The molecule has 14 rings (SSSR count). The predicted molar refractivity (Wildman–Crippen MR) is 334 cm³/mol. The highest BCUT2D eigenvalue weighted by atomic mass is 15.2. The van der Waals surface area contributed by atoms with Gasteiger partial charge in [-0.1, -0.05) is 230 Å². The highest BCUT2D eigenvalue weighted by Crippen LogP contribution is 2.51. The van der Waals surface area contributed by atoms with Gasteiger partial charge >= 0.3 is 0 Å². The first kappa shape index (κ1) is 47.0. The van der Waals surface area contributed by atoms with Gasteiger partial charge in [-0.05, 0) is 171 Å². The molecule has 1 unspecified atom stereocenters. The molecule has 0 fully saturated rings. The SMILES string of the molecule is Cc1ccc(N(C2=CCC3=CCc4cccc5ccc2c3c45)c2ccc(C=Cc3ccc(C=Cc4ccc(C=Cc5ccc(N(c6ccc(C)cc6)c6ccc7c8c6C=CC6=CC=CC(=CC7)C68)cc5)cc4)cc3)cc2)cc1. The summed E-state index contributed by atoms with van der Waals surface area (Å²) < 4.78 is 0. The highest BCUT2D eigenvalue weighted by molar-refractivity contribution is 6.06. The number of benzene rings is 9. The van der Waals surface area contributed by atoms with Gasteiger partial charge in [0.2, 0.25) is 0 Å². The van der Waals surface area contributed by atoms with Crippen molar-refractivity contribution in [1.82, 2.24) is 0 Å². The maximum absolute atomic E-state index is 2.44. The molecule has 5 aliphatic carbocycles. The van der Waals surface area contributed by atoms with Gasteiger partial charge in [0.25, 0.3) is 0 Å². The Kier molecular flexibility index (Phi) is 12.0.